The summed E-state index contributed by atoms with van der Waals surface area (Å²) in [6.07, 6.45) is 4.74. The second kappa shape index (κ2) is 4.21. The Balaban J connectivity index is 1.80. The lowest BCUT2D eigenvalue weighted by Gasteiger charge is -2.37. The highest BCUT2D eigenvalue weighted by molar-refractivity contribution is 4.77. The second-order valence-electron chi connectivity index (χ2n) is 3.67. The van der Waals surface area contributed by atoms with Gasteiger partial charge in [0, 0.05) is 26.2 Å². The van der Waals surface area contributed by atoms with Crippen LogP contribution in [0.5, 0.6) is 0 Å². The Morgan fingerprint density at radius 2 is 2.00 bits per heavy atom. The highest BCUT2D eigenvalue weighted by atomic mass is 15.3. The molecule has 0 bridgehead atoms. The first-order valence-corrected chi connectivity index (χ1v) is 5.07. The van der Waals surface area contributed by atoms with E-state index in [2.05, 4.69) is 15.5 Å². The monoisotopic (exact) mass is 168 g/mol. The zero-order chi connectivity index (χ0) is 8.23. The fourth-order valence-corrected chi connectivity index (χ4v) is 2.08. The molecule has 2 heterocycles. The van der Waals surface area contributed by atoms with Gasteiger partial charge in [-0.15, -0.1) is 0 Å². The molecule has 0 aliphatic carbocycles. The van der Waals surface area contributed by atoms with Crippen molar-refractivity contribution < 1.29 is 0 Å². The maximum Gasteiger partial charge on any atom is 0.0598 e. The maximum atomic E-state index is 4.35. The molecule has 2 aliphatic rings. The Bertz CT molecular complexity index is 110. The molecular weight excluding hydrogens is 150 g/mol. The van der Waals surface area contributed by atoms with Crippen LogP contribution in [0.25, 0.3) is 0 Å². The van der Waals surface area contributed by atoms with Gasteiger partial charge in [0.25, 0.3) is 0 Å². The second-order valence-corrected chi connectivity index (χ2v) is 3.67. The molecule has 1 radical (unpaired) electrons. The average molecular weight is 168 g/mol. The molecule has 1 atom stereocenters. The van der Waals surface area contributed by atoms with Crippen LogP contribution in [-0.2, 0) is 0 Å². The van der Waals surface area contributed by atoms with Crippen molar-refractivity contribution >= 4 is 0 Å². The van der Waals surface area contributed by atoms with Gasteiger partial charge in [-0.05, 0) is 25.8 Å². The number of hydrogen-bond donors (Lipinski definition) is 1. The zero-order valence-electron chi connectivity index (χ0n) is 7.63. The summed E-state index contributed by atoms with van der Waals surface area (Å²) in [7, 11) is 0. The Kier molecular flexibility index (Phi) is 2.98. The number of piperidine rings is 1. The number of nitrogens with one attached hydrogen (secondary N) is 1. The van der Waals surface area contributed by atoms with E-state index in [0.717, 1.165) is 26.2 Å². The van der Waals surface area contributed by atoms with E-state index < -0.39 is 0 Å². The first-order chi connectivity index (χ1) is 5.97. The molecular formula is C9H18N3. The first kappa shape index (κ1) is 8.48. The summed E-state index contributed by atoms with van der Waals surface area (Å²) >= 11 is 0. The van der Waals surface area contributed by atoms with Crippen molar-refractivity contribution in [2.75, 3.05) is 32.7 Å². The molecule has 0 amide bonds. The van der Waals surface area contributed by atoms with E-state index in [9.17, 15) is 0 Å². The molecule has 2 saturated heterocycles. The molecule has 1 unspecified atom stereocenters. The van der Waals surface area contributed by atoms with Gasteiger partial charge in [0.05, 0.1) is 6.17 Å². The minimum Gasteiger partial charge on any atom is -0.302 e. The minimum atomic E-state index is 0.661. The first-order valence-electron chi connectivity index (χ1n) is 5.07. The minimum absolute atomic E-state index is 0.661. The van der Waals surface area contributed by atoms with Crippen LogP contribution in [0.2, 0.25) is 0 Å². The average Bonchev–Trinajstić information content (AvgIpc) is 2.21. The molecule has 0 saturated carbocycles. The molecule has 12 heavy (non-hydrogen) atoms. The van der Waals surface area contributed by atoms with Gasteiger partial charge in [-0.1, -0.05) is 0 Å². The standard InChI is InChI=1S/C9H18N3/c1-2-4-11-9(3-1)12-7-5-10-6-8-12/h9,11H,1-8H2. The molecule has 0 spiro atoms. The summed E-state index contributed by atoms with van der Waals surface area (Å²) in [4.78, 5) is 2.55. The lowest BCUT2D eigenvalue weighted by atomic mass is 10.1. The van der Waals surface area contributed by atoms with Crippen molar-refractivity contribution in [1.82, 2.24) is 15.5 Å². The molecule has 2 rings (SSSR count). The number of rotatable bonds is 1. The van der Waals surface area contributed by atoms with Gasteiger partial charge < -0.3 is 5.32 Å². The summed E-state index contributed by atoms with van der Waals surface area (Å²) in [6, 6.07) is 0. The van der Waals surface area contributed by atoms with Crippen molar-refractivity contribution in [3.8, 4) is 0 Å². The predicted octanol–water partition coefficient (Wildman–Crippen LogP) is 0.00600. The third kappa shape index (κ3) is 1.97. The number of hydrogen-bond acceptors (Lipinski definition) is 2. The van der Waals surface area contributed by atoms with E-state index in [-0.39, 0.29) is 0 Å². The smallest absolute Gasteiger partial charge is 0.0598 e. The van der Waals surface area contributed by atoms with Crippen molar-refractivity contribution in [1.29, 1.82) is 0 Å². The van der Waals surface area contributed by atoms with Gasteiger partial charge in [0.15, 0.2) is 0 Å². The number of nitrogens with zero attached hydrogens (tertiary/aromatic N) is 2. The number of piperazine rings is 1. The molecule has 3 nitrogen and oxygen atoms in total. The fraction of sp³-hybridized carbons (Fsp3) is 1.00. The van der Waals surface area contributed by atoms with E-state index in [4.69, 9.17) is 0 Å². The summed E-state index contributed by atoms with van der Waals surface area (Å²) in [5.74, 6) is 0. The lowest BCUT2D eigenvalue weighted by molar-refractivity contribution is 0.121. The van der Waals surface area contributed by atoms with Gasteiger partial charge in [0.2, 0.25) is 0 Å². The molecule has 2 fully saturated rings. The molecule has 0 aromatic heterocycles. The maximum absolute atomic E-state index is 4.35. The summed E-state index contributed by atoms with van der Waals surface area (Å²) < 4.78 is 0. The molecule has 0 aromatic carbocycles. The quantitative estimate of drug-likeness (QED) is 0.597. The largest absolute Gasteiger partial charge is 0.302 e. The third-order valence-corrected chi connectivity index (χ3v) is 2.82. The van der Waals surface area contributed by atoms with E-state index >= 15 is 0 Å². The summed E-state index contributed by atoms with van der Waals surface area (Å²) in [5.41, 5.74) is 0. The van der Waals surface area contributed by atoms with Crippen LogP contribution in [0.3, 0.4) is 0 Å². The van der Waals surface area contributed by atoms with Crippen LogP contribution in [0.4, 0.5) is 0 Å². The lowest BCUT2D eigenvalue weighted by Crippen LogP contribution is -2.53. The SMILES string of the molecule is C1CCC(N2CC[N]CC2)NC1. The Morgan fingerprint density at radius 1 is 1.17 bits per heavy atom. The van der Waals surface area contributed by atoms with Gasteiger partial charge in [0.1, 0.15) is 0 Å². The Hall–Kier alpha value is -0.120. The van der Waals surface area contributed by atoms with Crippen LogP contribution in [0.15, 0.2) is 0 Å². The normalized spacial score (nSPS) is 33.5. The summed E-state index contributed by atoms with van der Waals surface area (Å²) in [6.45, 7) is 5.62. The fourth-order valence-electron chi connectivity index (χ4n) is 2.08. The van der Waals surface area contributed by atoms with Gasteiger partial charge in [-0.25, -0.2) is 5.32 Å². The van der Waals surface area contributed by atoms with Crippen LogP contribution < -0.4 is 10.6 Å². The van der Waals surface area contributed by atoms with Crippen molar-refractivity contribution in [3.05, 3.63) is 0 Å². The van der Waals surface area contributed by atoms with Crippen molar-refractivity contribution in [2.24, 2.45) is 0 Å². The molecule has 0 aromatic rings. The third-order valence-electron chi connectivity index (χ3n) is 2.82. The Morgan fingerprint density at radius 3 is 2.67 bits per heavy atom. The van der Waals surface area contributed by atoms with Crippen LogP contribution in [0, 0.1) is 0 Å². The molecule has 1 N–H and O–H groups in total. The van der Waals surface area contributed by atoms with Gasteiger partial charge in [-0.3, -0.25) is 4.90 Å². The van der Waals surface area contributed by atoms with E-state index in [0.29, 0.717) is 6.17 Å². The molecule has 2 aliphatic heterocycles. The van der Waals surface area contributed by atoms with Crippen molar-refractivity contribution in [3.63, 3.8) is 0 Å². The van der Waals surface area contributed by atoms with Crippen LogP contribution in [0.1, 0.15) is 19.3 Å². The van der Waals surface area contributed by atoms with E-state index in [1.165, 1.54) is 25.8 Å². The van der Waals surface area contributed by atoms with Gasteiger partial charge in [-0.2, -0.15) is 0 Å². The van der Waals surface area contributed by atoms with Crippen LogP contribution >= 0.6 is 0 Å². The topological polar surface area (TPSA) is 29.4 Å². The molecule has 69 valence electrons. The van der Waals surface area contributed by atoms with Crippen molar-refractivity contribution in [2.45, 2.75) is 25.4 Å². The van der Waals surface area contributed by atoms with Crippen LogP contribution in [-0.4, -0.2) is 43.8 Å². The highest BCUT2D eigenvalue weighted by Crippen LogP contribution is 2.11. The molecule has 3 heteroatoms. The summed E-state index contributed by atoms with van der Waals surface area (Å²) in [5, 5.41) is 7.93. The van der Waals surface area contributed by atoms with E-state index in [1.807, 2.05) is 0 Å². The highest BCUT2D eigenvalue weighted by Gasteiger charge is 2.21. The van der Waals surface area contributed by atoms with E-state index in [1.54, 1.807) is 0 Å². The zero-order valence-corrected chi connectivity index (χ0v) is 7.63. The van der Waals surface area contributed by atoms with Gasteiger partial charge >= 0.3 is 0 Å². The Labute approximate surface area is 74.5 Å². The predicted molar refractivity (Wildman–Crippen MR) is 49.1 cm³/mol.